The minimum Gasteiger partial charge on any atom is -0.383 e. The van der Waals surface area contributed by atoms with Gasteiger partial charge in [0.05, 0.1) is 0 Å². The monoisotopic (exact) mass is 428 g/mol. The van der Waals surface area contributed by atoms with Gasteiger partial charge in [0.1, 0.15) is 11.0 Å². The molecule has 3 aromatic heterocycles. The lowest BCUT2D eigenvalue weighted by Crippen LogP contribution is -2.10. The highest BCUT2D eigenvalue weighted by molar-refractivity contribution is 6.30. The van der Waals surface area contributed by atoms with Gasteiger partial charge in [0.15, 0.2) is 0 Å². The van der Waals surface area contributed by atoms with Crippen LogP contribution in [0.15, 0.2) is 23.0 Å². The number of nitrogens with two attached hydrogens (primary N) is 1. The predicted octanol–water partition coefficient (Wildman–Crippen LogP) is 5.55. The average Bonchev–Trinajstić information content (AvgIpc) is 2.65. The molecule has 3 N–H and O–H groups in total. The molecule has 0 saturated heterocycles. The predicted molar refractivity (Wildman–Crippen MR) is 128 cm³/mol. The number of pyridine rings is 3. The summed E-state index contributed by atoms with van der Waals surface area (Å²) in [5.41, 5.74) is 15.0. The largest absolute Gasteiger partial charge is 0.383 e. The van der Waals surface area contributed by atoms with E-state index in [9.17, 15) is 4.79 Å². The van der Waals surface area contributed by atoms with E-state index in [2.05, 4.69) is 21.0 Å². The quantitative estimate of drug-likeness (QED) is 0.459. The van der Waals surface area contributed by atoms with Crippen LogP contribution in [-0.4, -0.2) is 15.0 Å². The molecule has 3 rings (SSSR count). The van der Waals surface area contributed by atoms with E-state index < -0.39 is 0 Å². The van der Waals surface area contributed by atoms with Crippen molar-refractivity contribution in [1.29, 1.82) is 0 Å². The third-order valence-electron chi connectivity index (χ3n) is 4.97. The topological polar surface area (TPSA) is 84.7 Å². The van der Waals surface area contributed by atoms with Gasteiger partial charge >= 0.3 is 0 Å². The van der Waals surface area contributed by atoms with Crippen molar-refractivity contribution in [3.8, 4) is 0 Å². The Hall–Kier alpha value is -2.66. The van der Waals surface area contributed by atoms with Crippen LogP contribution in [0.5, 0.6) is 0 Å². The number of H-pyrrole nitrogens is 1. The van der Waals surface area contributed by atoms with Gasteiger partial charge in [0.2, 0.25) is 0 Å². The minimum absolute atomic E-state index is 0.0168. The molecular weight excluding hydrogens is 396 g/mol. The van der Waals surface area contributed by atoms with Crippen molar-refractivity contribution in [3.63, 3.8) is 0 Å². The summed E-state index contributed by atoms with van der Waals surface area (Å²) in [6, 6.07) is 6.00. The fourth-order valence-corrected chi connectivity index (χ4v) is 2.72. The molecule has 0 aromatic carbocycles. The molecule has 0 atom stereocenters. The first-order chi connectivity index (χ1) is 13.8. The number of aromatic amines is 1. The zero-order valence-corrected chi connectivity index (χ0v) is 20.2. The van der Waals surface area contributed by atoms with Crippen molar-refractivity contribution in [2.75, 3.05) is 5.73 Å². The van der Waals surface area contributed by atoms with Gasteiger partial charge in [-0.1, -0.05) is 23.7 Å². The van der Waals surface area contributed by atoms with Gasteiger partial charge in [0, 0.05) is 22.6 Å². The molecule has 5 nitrogen and oxygen atoms in total. The summed E-state index contributed by atoms with van der Waals surface area (Å²) in [7, 11) is 0. The molecule has 0 aliphatic carbocycles. The zero-order chi connectivity index (χ0) is 23.2. The van der Waals surface area contributed by atoms with Gasteiger partial charge in [-0.25, -0.2) is 9.97 Å². The Morgan fingerprint density at radius 3 is 1.63 bits per heavy atom. The lowest BCUT2D eigenvalue weighted by atomic mass is 10.2. The molecule has 6 heteroatoms. The molecular formula is C24H33ClN4O. The Bertz CT molecular complexity index is 932. The standard InChI is InChI=1S/C8H10ClN.C8H12N2.C8H11NO/c2*1-5-4-6(2)8(9)10-7(5)3;1-5-4-6(2)8(10)9-7(5)3/h4H,1-3H3;4H,1-3H3,(H2,9,10);4H,1-3H3,(H,9,10). The number of aromatic nitrogens is 3. The van der Waals surface area contributed by atoms with E-state index in [1.165, 1.54) is 11.1 Å². The number of halogens is 1. The summed E-state index contributed by atoms with van der Waals surface area (Å²) < 4.78 is 0. The third kappa shape index (κ3) is 7.30. The maximum Gasteiger partial charge on any atom is 0.251 e. The Morgan fingerprint density at radius 2 is 1.17 bits per heavy atom. The minimum atomic E-state index is 0.0168. The number of aryl methyl sites for hydroxylation is 9. The molecule has 0 radical (unpaired) electrons. The van der Waals surface area contributed by atoms with Crippen molar-refractivity contribution >= 4 is 17.4 Å². The highest BCUT2D eigenvalue weighted by atomic mass is 35.5. The van der Waals surface area contributed by atoms with Gasteiger partial charge in [0.25, 0.3) is 5.56 Å². The smallest absolute Gasteiger partial charge is 0.251 e. The number of nitrogens with zero attached hydrogens (tertiary/aromatic N) is 2. The summed E-state index contributed by atoms with van der Waals surface area (Å²) in [5.74, 6) is 0.642. The van der Waals surface area contributed by atoms with E-state index in [1.54, 1.807) is 0 Å². The van der Waals surface area contributed by atoms with E-state index >= 15 is 0 Å². The number of hydrogen-bond acceptors (Lipinski definition) is 4. The summed E-state index contributed by atoms with van der Waals surface area (Å²) in [6.45, 7) is 17.6. The molecule has 162 valence electrons. The van der Waals surface area contributed by atoms with Crippen molar-refractivity contribution < 1.29 is 0 Å². The Morgan fingerprint density at radius 1 is 0.700 bits per heavy atom. The van der Waals surface area contributed by atoms with Gasteiger partial charge in [-0.3, -0.25) is 4.79 Å². The fourth-order valence-electron chi connectivity index (χ4n) is 2.54. The fraction of sp³-hybridized carbons (Fsp3) is 0.375. The van der Waals surface area contributed by atoms with Crippen LogP contribution in [0.4, 0.5) is 5.82 Å². The molecule has 0 aliphatic heterocycles. The second-order valence-electron chi connectivity index (χ2n) is 7.68. The first kappa shape index (κ1) is 25.4. The molecule has 0 fully saturated rings. The maximum absolute atomic E-state index is 10.9. The van der Waals surface area contributed by atoms with Crippen LogP contribution in [0.3, 0.4) is 0 Å². The molecule has 0 bridgehead atoms. The number of hydrogen-bond donors (Lipinski definition) is 2. The van der Waals surface area contributed by atoms with Crippen LogP contribution >= 0.6 is 11.6 Å². The third-order valence-corrected chi connectivity index (χ3v) is 5.36. The van der Waals surface area contributed by atoms with Gasteiger partial charge < -0.3 is 10.7 Å². The van der Waals surface area contributed by atoms with Crippen molar-refractivity contribution in [2.24, 2.45) is 0 Å². The SMILES string of the molecule is Cc1cc(C)c(=O)[nH]c1C.Cc1cc(C)c(Cl)nc1C.Cc1cc(C)c(N)nc1C. The van der Waals surface area contributed by atoms with Gasteiger partial charge in [-0.05, 0) is 96.2 Å². The van der Waals surface area contributed by atoms with Crippen molar-refractivity contribution in [3.05, 3.63) is 84.2 Å². The highest BCUT2D eigenvalue weighted by Gasteiger charge is 1.99. The van der Waals surface area contributed by atoms with Gasteiger partial charge in [-0.15, -0.1) is 0 Å². The van der Waals surface area contributed by atoms with E-state index in [-0.39, 0.29) is 5.56 Å². The molecule has 0 unspecified atom stereocenters. The second-order valence-corrected chi connectivity index (χ2v) is 8.04. The molecule has 0 aliphatic rings. The second kappa shape index (κ2) is 10.9. The van der Waals surface area contributed by atoms with Crippen LogP contribution in [-0.2, 0) is 0 Å². The number of anilines is 1. The number of rotatable bonds is 0. The van der Waals surface area contributed by atoms with Crippen LogP contribution in [0, 0.1) is 62.3 Å². The van der Waals surface area contributed by atoms with E-state index in [1.807, 2.05) is 74.4 Å². The lowest BCUT2D eigenvalue weighted by molar-refractivity contribution is 1.07. The first-order valence-corrected chi connectivity index (χ1v) is 10.2. The summed E-state index contributed by atoms with van der Waals surface area (Å²) in [5, 5.41) is 0.614. The van der Waals surface area contributed by atoms with E-state index in [0.717, 1.165) is 39.3 Å². The maximum atomic E-state index is 10.9. The summed E-state index contributed by atoms with van der Waals surface area (Å²) in [6.07, 6.45) is 0. The summed E-state index contributed by atoms with van der Waals surface area (Å²) in [4.78, 5) is 22.0. The molecule has 30 heavy (non-hydrogen) atoms. The normalized spacial score (nSPS) is 9.93. The summed E-state index contributed by atoms with van der Waals surface area (Å²) >= 11 is 5.77. The molecule has 3 aromatic rings. The van der Waals surface area contributed by atoms with Crippen LogP contribution in [0.1, 0.15) is 50.5 Å². The number of nitrogens with one attached hydrogen (secondary N) is 1. The van der Waals surface area contributed by atoms with E-state index in [0.29, 0.717) is 11.0 Å². The number of nitrogen functional groups attached to an aromatic ring is 1. The van der Waals surface area contributed by atoms with Crippen LogP contribution < -0.4 is 11.3 Å². The molecule has 0 spiro atoms. The van der Waals surface area contributed by atoms with Crippen LogP contribution in [0.25, 0.3) is 0 Å². The van der Waals surface area contributed by atoms with Gasteiger partial charge in [-0.2, -0.15) is 0 Å². The first-order valence-electron chi connectivity index (χ1n) is 9.81. The Balaban J connectivity index is 0.000000225. The average molecular weight is 429 g/mol. The van der Waals surface area contributed by atoms with Crippen molar-refractivity contribution in [1.82, 2.24) is 15.0 Å². The molecule has 0 amide bonds. The van der Waals surface area contributed by atoms with E-state index in [4.69, 9.17) is 17.3 Å². The van der Waals surface area contributed by atoms with Crippen LogP contribution in [0.2, 0.25) is 5.15 Å². The zero-order valence-electron chi connectivity index (χ0n) is 19.5. The highest BCUT2D eigenvalue weighted by Crippen LogP contribution is 2.15. The molecule has 3 heterocycles. The van der Waals surface area contributed by atoms with Crippen molar-refractivity contribution in [2.45, 2.75) is 62.3 Å². The Kier molecular flexibility index (Phi) is 9.24. The molecule has 0 saturated carbocycles. The Labute approximate surface area is 184 Å². The lowest BCUT2D eigenvalue weighted by Gasteiger charge is -2.02.